The minimum Gasteiger partial charge on any atom is -0.497 e. The van der Waals surface area contributed by atoms with Crippen LogP contribution in [-0.2, 0) is 0 Å². The average molecular weight is 251 g/mol. The van der Waals surface area contributed by atoms with Gasteiger partial charge in [0.25, 0.3) is 0 Å². The third-order valence-corrected chi connectivity index (χ3v) is 4.23. The van der Waals surface area contributed by atoms with Gasteiger partial charge in [-0.05, 0) is 24.1 Å². The predicted molar refractivity (Wildman–Crippen MR) is 73.9 cm³/mol. The van der Waals surface area contributed by atoms with E-state index in [1.54, 1.807) is 7.11 Å². The summed E-state index contributed by atoms with van der Waals surface area (Å²) in [6.07, 6.45) is 1.20. The Kier molecular flexibility index (Phi) is 4.00. The monoisotopic (exact) mass is 251 g/mol. The quantitative estimate of drug-likeness (QED) is 0.886. The summed E-state index contributed by atoms with van der Waals surface area (Å²) < 4.78 is 5.30. The molecule has 0 saturated carbocycles. The highest BCUT2D eigenvalue weighted by Crippen LogP contribution is 2.42. The molecule has 0 spiro atoms. The minimum atomic E-state index is 0.479. The molecule has 1 N–H and O–H groups in total. The van der Waals surface area contributed by atoms with Gasteiger partial charge in [-0.3, -0.25) is 0 Å². The summed E-state index contributed by atoms with van der Waals surface area (Å²) in [6.45, 7) is 6.70. The largest absolute Gasteiger partial charge is 0.497 e. The highest BCUT2D eigenvalue weighted by atomic mass is 32.2. The summed E-state index contributed by atoms with van der Waals surface area (Å²) in [5.74, 6) is 0.952. The summed E-state index contributed by atoms with van der Waals surface area (Å²) >= 11 is 1.95. The van der Waals surface area contributed by atoms with Crippen LogP contribution in [0.15, 0.2) is 23.1 Å². The fraction of sp³-hybridized carbons (Fsp3) is 0.571. The van der Waals surface area contributed by atoms with E-state index in [1.807, 2.05) is 11.8 Å². The standard InChI is InChI=1S/C14H21NOS/c1-9(2)15-13-7-10(3)17-14-8-11(16-4)5-6-12(13)14/h5-6,8-10,13,15H,7H2,1-4H3. The van der Waals surface area contributed by atoms with Crippen LogP contribution < -0.4 is 10.1 Å². The van der Waals surface area contributed by atoms with Crippen molar-refractivity contribution in [3.8, 4) is 5.75 Å². The van der Waals surface area contributed by atoms with Crippen molar-refractivity contribution in [1.82, 2.24) is 5.32 Å². The summed E-state index contributed by atoms with van der Waals surface area (Å²) in [5, 5.41) is 4.31. The fourth-order valence-electron chi connectivity index (χ4n) is 2.32. The zero-order valence-corrected chi connectivity index (χ0v) is 11.8. The Labute approximate surface area is 108 Å². The number of hydrogen-bond donors (Lipinski definition) is 1. The molecule has 0 fully saturated rings. The molecule has 2 rings (SSSR count). The van der Waals surface area contributed by atoms with E-state index >= 15 is 0 Å². The van der Waals surface area contributed by atoms with Crippen molar-refractivity contribution in [2.75, 3.05) is 7.11 Å². The summed E-state index contributed by atoms with van der Waals surface area (Å²) in [5.41, 5.74) is 1.42. The minimum absolute atomic E-state index is 0.479. The lowest BCUT2D eigenvalue weighted by atomic mass is 10.0. The van der Waals surface area contributed by atoms with Crippen molar-refractivity contribution >= 4 is 11.8 Å². The molecular formula is C14H21NOS. The molecule has 94 valence electrons. The van der Waals surface area contributed by atoms with E-state index in [9.17, 15) is 0 Å². The van der Waals surface area contributed by atoms with Gasteiger partial charge in [0, 0.05) is 22.2 Å². The summed E-state index contributed by atoms with van der Waals surface area (Å²) in [4.78, 5) is 1.36. The van der Waals surface area contributed by atoms with Crippen LogP contribution in [-0.4, -0.2) is 18.4 Å². The van der Waals surface area contributed by atoms with Crippen LogP contribution in [0.25, 0.3) is 0 Å². The van der Waals surface area contributed by atoms with Crippen LogP contribution in [0.4, 0.5) is 0 Å². The van der Waals surface area contributed by atoms with Crippen LogP contribution in [0.5, 0.6) is 5.75 Å². The second kappa shape index (κ2) is 5.32. The molecule has 0 radical (unpaired) electrons. The molecule has 1 heterocycles. The van der Waals surface area contributed by atoms with E-state index in [4.69, 9.17) is 4.74 Å². The van der Waals surface area contributed by atoms with E-state index in [0.29, 0.717) is 17.3 Å². The highest BCUT2D eigenvalue weighted by Gasteiger charge is 2.25. The van der Waals surface area contributed by atoms with Gasteiger partial charge in [0.05, 0.1) is 7.11 Å². The molecule has 0 bridgehead atoms. The molecular weight excluding hydrogens is 230 g/mol. The van der Waals surface area contributed by atoms with Gasteiger partial charge < -0.3 is 10.1 Å². The average Bonchev–Trinajstić information content (AvgIpc) is 2.27. The van der Waals surface area contributed by atoms with Crippen LogP contribution in [0, 0.1) is 0 Å². The Morgan fingerprint density at radius 1 is 1.41 bits per heavy atom. The van der Waals surface area contributed by atoms with Crippen LogP contribution in [0.3, 0.4) is 0 Å². The highest BCUT2D eigenvalue weighted by molar-refractivity contribution is 8.00. The maximum Gasteiger partial charge on any atom is 0.119 e. The first-order valence-electron chi connectivity index (χ1n) is 6.20. The second-order valence-electron chi connectivity index (χ2n) is 4.94. The van der Waals surface area contributed by atoms with Gasteiger partial charge >= 0.3 is 0 Å². The topological polar surface area (TPSA) is 21.3 Å². The van der Waals surface area contributed by atoms with Crippen molar-refractivity contribution in [2.24, 2.45) is 0 Å². The lowest BCUT2D eigenvalue weighted by molar-refractivity contribution is 0.410. The predicted octanol–water partition coefficient (Wildman–Crippen LogP) is 3.62. The summed E-state index contributed by atoms with van der Waals surface area (Å²) in [6, 6.07) is 7.42. The maximum atomic E-state index is 5.30. The molecule has 1 aromatic rings. The number of thioether (sulfide) groups is 1. The number of ether oxygens (including phenoxy) is 1. The van der Waals surface area contributed by atoms with Gasteiger partial charge in [-0.2, -0.15) is 0 Å². The van der Waals surface area contributed by atoms with Crippen LogP contribution in [0.1, 0.15) is 38.8 Å². The molecule has 0 amide bonds. The Morgan fingerprint density at radius 3 is 2.82 bits per heavy atom. The zero-order chi connectivity index (χ0) is 12.4. The van der Waals surface area contributed by atoms with Crippen molar-refractivity contribution in [1.29, 1.82) is 0 Å². The molecule has 1 aliphatic rings. The molecule has 3 heteroatoms. The number of methoxy groups -OCH3 is 1. The Morgan fingerprint density at radius 2 is 2.18 bits per heavy atom. The number of benzene rings is 1. The zero-order valence-electron chi connectivity index (χ0n) is 11.0. The molecule has 1 aliphatic heterocycles. The van der Waals surface area contributed by atoms with Gasteiger partial charge in [0.15, 0.2) is 0 Å². The number of nitrogens with one attached hydrogen (secondary N) is 1. The molecule has 2 nitrogen and oxygen atoms in total. The van der Waals surface area contributed by atoms with Gasteiger partial charge in [-0.25, -0.2) is 0 Å². The molecule has 17 heavy (non-hydrogen) atoms. The number of rotatable bonds is 3. The maximum absolute atomic E-state index is 5.30. The van der Waals surface area contributed by atoms with Gasteiger partial charge in [-0.1, -0.05) is 26.8 Å². The smallest absolute Gasteiger partial charge is 0.119 e. The molecule has 1 aromatic carbocycles. The first-order chi connectivity index (χ1) is 8.10. The SMILES string of the molecule is COc1ccc2c(c1)SC(C)CC2NC(C)C. The summed E-state index contributed by atoms with van der Waals surface area (Å²) in [7, 11) is 1.72. The van der Waals surface area contributed by atoms with Crippen LogP contribution in [0.2, 0.25) is 0 Å². The number of fused-ring (bicyclic) bond motifs is 1. The van der Waals surface area contributed by atoms with Gasteiger partial charge in [-0.15, -0.1) is 11.8 Å². The third-order valence-electron chi connectivity index (χ3n) is 3.03. The second-order valence-corrected chi connectivity index (χ2v) is 6.42. The Hall–Kier alpha value is -0.670. The van der Waals surface area contributed by atoms with Crippen molar-refractivity contribution in [3.05, 3.63) is 23.8 Å². The first kappa shape index (κ1) is 12.8. The van der Waals surface area contributed by atoms with E-state index < -0.39 is 0 Å². The first-order valence-corrected chi connectivity index (χ1v) is 7.08. The van der Waals surface area contributed by atoms with E-state index in [2.05, 4.69) is 44.3 Å². The van der Waals surface area contributed by atoms with E-state index in [0.717, 1.165) is 5.75 Å². The Bertz CT molecular complexity index is 392. The van der Waals surface area contributed by atoms with Gasteiger partial charge in [0.2, 0.25) is 0 Å². The number of hydrogen-bond acceptors (Lipinski definition) is 3. The normalized spacial score (nSPS) is 23.6. The molecule has 2 unspecified atom stereocenters. The molecule has 0 saturated heterocycles. The Balaban J connectivity index is 2.30. The van der Waals surface area contributed by atoms with E-state index in [-0.39, 0.29) is 0 Å². The lowest BCUT2D eigenvalue weighted by Crippen LogP contribution is -2.32. The van der Waals surface area contributed by atoms with Crippen molar-refractivity contribution in [2.45, 2.75) is 49.4 Å². The van der Waals surface area contributed by atoms with Crippen molar-refractivity contribution in [3.63, 3.8) is 0 Å². The lowest BCUT2D eigenvalue weighted by Gasteiger charge is -2.31. The fourth-order valence-corrected chi connectivity index (χ4v) is 3.57. The third kappa shape index (κ3) is 2.96. The van der Waals surface area contributed by atoms with Gasteiger partial charge in [0.1, 0.15) is 5.75 Å². The molecule has 0 aromatic heterocycles. The molecule has 2 atom stereocenters. The molecule has 0 aliphatic carbocycles. The van der Waals surface area contributed by atoms with Crippen LogP contribution >= 0.6 is 11.8 Å². The van der Waals surface area contributed by atoms with Crippen molar-refractivity contribution < 1.29 is 4.74 Å². The van der Waals surface area contributed by atoms with E-state index in [1.165, 1.54) is 16.9 Å².